The fourth-order valence-electron chi connectivity index (χ4n) is 3.17. The van der Waals surface area contributed by atoms with Gasteiger partial charge in [-0.25, -0.2) is 13.1 Å². The molecule has 2 aliphatic heterocycles. The number of likely N-dealkylation sites (N-methyl/N-ethyl adjacent to an activating group) is 1. The smallest absolute Gasteiger partial charge is 0.244 e. The summed E-state index contributed by atoms with van der Waals surface area (Å²) in [6.07, 6.45) is 0.859. The number of hydrogen-bond acceptors (Lipinski definition) is 5. The molecule has 2 atom stereocenters. The Morgan fingerprint density at radius 1 is 1.29 bits per heavy atom. The molecule has 0 unspecified atom stereocenters. The van der Waals surface area contributed by atoms with Gasteiger partial charge in [0, 0.05) is 19.5 Å². The van der Waals surface area contributed by atoms with Crippen LogP contribution in [-0.4, -0.2) is 70.0 Å². The lowest BCUT2D eigenvalue weighted by molar-refractivity contribution is -0.131. The Labute approximate surface area is 142 Å². The van der Waals surface area contributed by atoms with Gasteiger partial charge >= 0.3 is 0 Å². The predicted octanol–water partition coefficient (Wildman–Crippen LogP) is 0.279. The maximum atomic E-state index is 12.5. The summed E-state index contributed by atoms with van der Waals surface area (Å²) in [5, 5.41) is 0. The second kappa shape index (κ2) is 6.70. The summed E-state index contributed by atoms with van der Waals surface area (Å²) in [4.78, 5) is 16.1. The fourth-order valence-corrected chi connectivity index (χ4v) is 4.60. The van der Waals surface area contributed by atoms with Crippen LogP contribution in [0.5, 0.6) is 5.75 Å². The Balaban J connectivity index is 1.80. The molecule has 2 heterocycles. The number of ether oxygens (including phenoxy) is 1. The molecule has 0 bridgehead atoms. The van der Waals surface area contributed by atoms with E-state index in [2.05, 4.69) is 4.72 Å². The average Bonchev–Trinajstić information content (AvgIpc) is 2.75. The van der Waals surface area contributed by atoms with Crippen LogP contribution in [0.3, 0.4) is 0 Å². The van der Waals surface area contributed by atoms with E-state index in [4.69, 9.17) is 4.74 Å². The van der Waals surface area contributed by atoms with Crippen LogP contribution in [0.4, 0.5) is 0 Å². The molecule has 132 valence electrons. The third kappa shape index (κ3) is 3.55. The Kier molecular flexibility index (Phi) is 4.80. The summed E-state index contributed by atoms with van der Waals surface area (Å²) in [7, 11) is 0.101. The molecule has 1 aromatic carbocycles. The minimum Gasteiger partial charge on any atom is -0.487 e. The second-order valence-electron chi connectivity index (χ2n) is 6.53. The normalized spacial score (nSPS) is 25.9. The summed E-state index contributed by atoms with van der Waals surface area (Å²) < 4.78 is 33.8. The quantitative estimate of drug-likeness (QED) is 0.826. The average molecular weight is 353 g/mol. The number of carbonyl (C=O) groups excluding carboxylic acids is 1. The predicted molar refractivity (Wildman–Crippen MR) is 89.3 cm³/mol. The summed E-state index contributed by atoms with van der Waals surface area (Å²) in [6, 6.07) is 6.34. The van der Waals surface area contributed by atoms with Gasteiger partial charge in [0.15, 0.2) is 0 Å². The van der Waals surface area contributed by atoms with Gasteiger partial charge in [0.2, 0.25) is 15.9 Å². The molecule has 3 rings (SSSR count). The highest BCUT2D eigenvalue weighted by atomic mass is 32.2. The van der Waals surface area contributed by atoms with Gasteiger partial charge in [-0.3, -0.25) is 4.79 Å². The molecule has 0 aromatic heterocycles. The van der Waals surface area contributed by atoms with E-state index in [1.165, 1.54) is 0 Å². The summed E-state index contributed by atoms with van der Waals surface area (Å²) >= 11 is 0. The van der Waals surface area contributed by atoms with Gasteiger partial charge in [-0.2, -0.15) is 0 Å². The minimum atomic E-state index is -3.61. The van der Waals surface area contributed by atoms with Crippen LogP contribution < -0.4 is 9.46 Å². The van der Waals surface area contributed by atoms with Gasteiger partial charge in [0.1, 0.15) is 16.7 Å². The molecule has 1 N–H and O–H groups in total. The largest absolute Gasteiger partial charge is 0.487 e. The molecule has 0 saturated carbocycles. The zero-order chi connectivity index (χ0) is 17.3. The van der Waals surface area contributed by atoms with E-state index in [1.807, 2.05) is 19.0 Å². The van der Waals surface area contributed by atoms with E-state index in [0.29, 0.717) is 38.2 Å². The van der Waals surface area contributed by atoms with Crippen molar-refractivity contribution in [1.82, 2.24) is 14.5 Å². The lowest BCUT2D eigenvalue weighted by Gasteiger charge is -2.22. The summed E-state index contributed by atoms with van der Waals surface area (Å²) in [5.41, 5.74) is 0. The van der Waals surface area contributed by atoms with Crippen LogP contribution >= 0.6 is 0 Å². The third-order valence-corrected chi connectivity index (χ3v) is 5.90. The van der Waals surface area contributed by atoms with Crippen LogP contribution in [0.1, 0.15) is 12.8 Å². The topological polar surface area (TPSA) is 79.0 Å². The van der Waals surface area contributed by atoms with Crippen molar-refractivity contribution < 1.29 is 17.9 Å². The van der Waals surface area contributed by atoms with Gasteiger partial charge in [0.25, 0.3) is 0 Å². The number of fused-ring (bicyclic) bond motifs is 2. The number of nitrogens with one attached hydrogen (secondary N) is 1. The lowest BCUT2D eigenvalue weighted by Crippen LogP contribution is -2.43. The molecular formula is C16H23N3O4S. The van der Waals surface area contributed by atoms with E-state index in [1.54, 1.807) is 29.2 Å². The highest BCUT2D eigenvalue weighted by Gasteiger charge is 2.37. The SMILES string of the molecule is CN(C)CC(=O)N1CC[C@@H]2NS(=O)(=O)c3ccccc3O[C@H]2CC1. The van der Waals surface area contributed by atoms with Crippen LogP contribution in [0.2, 0.25) is 0 Å². The molecule has 0 radical (unpaired) electrons. The number of carbonyl (C=O) groups is 1. The van der Waals surface area contributed by atoms with E-state index in [9.17, 15) is 13.2 Å². The van der Waals surface area contributed by atoms with Crippen molar-refractivity contribution in [1.29, 1.82) is 0 Å². The molecule has 7 nitrogen and oxygen atoms in total. The monoisotopic (exact) mass is 353 g/mol. The molecule has 1 saturated heterocycles. The molecule has 1 amide bonds. The Bertz CT molecular complexity index is 720. The second-order valence-corrected chi connectivity index (χ2v) is 8.21. The molecule has 0 spiro atoms. The molecule has 1 aromatic rings. The number of para-hydroxylation sites is 1. The number of nitrogens with zero attached hydrogens (tertiary/aromatic N) is 2. The van der Waals surface area contributed by atoms with Gasteiger partial charge < -0.3 is 14.5 Å². The van der Waals surface area contributed by atoms with Crippen molar-refractivity contribution in [3.63, 3.8) is 0 Å². The fraction of sp³-hybridized carbons (Fsp3) is 0.562. The van der Waals surface area contributed by atoms with Crippen LogP contribution in [0.15, 0.2) is 29.2 Å². The first-order valence-electron chi connectivity index (χ1n) is 8.07. The van der Waals surface area contributed by atoms with E-state index in [0.717, 1.165) is 0 Å². The Morgan fingerprint density at radius 2 is 2.00 bits per heavy atom. The highest BCUT2D eigenvalue weighted by Crippen LogP contribution is 2.30. The van der Waals surface area contributed by atoms with Crippen molar-refractivity contribution in [3.05, 3.63) is 24.3 Å². The number of benzene rings is 1. The Hall–Kier alpha value is -1.64. The molecule has 1 fully saturated rings. The zero-order valence-electron chi connectivity index (χ0n) is 13.9. The zero-order valence-corrected chi connectivity index (χ0v) is 14.8. The summed E-state index contributed by atoms with van der Waals surface area (Å²) in [5.74, 6) is 0.435. The highest BCUT2D eigenvalue weighted by molar-refractivity contribution is 7.89. The van der Waals surface area contributed by atoms with Crippen molar-refractivity contribution >= 4 is 15.9 Å². The van der Waals surface area contributed by atoms with Gasteiger partial charge in [-0.1, -0.05) is 12.1 Å². The molecule has 8 heteroatoms. The summed E-state index contributed by atoms with van der Waals surface area (Å²) in [6.45, 7) is 1.44. The van der Waals surface area contributed by atoms with Crippen molar-refractivity contribution in [2.45, 2.75) is 29.9 Å². The maximum Gasteiger partial charge on any atom is 0.244 e. The number of amides is 1. The van der Waals surface area contributed by atoms with Crippen molar-refractivity contribution in [2.75, 3.05) is 33.7 Å². The van der Waals surface area contributed by atoms with Gasteiger partial charge in [0.05, 0.1) is 12.6 Å². The number of sulfonamides is 1. The van der Waals surface area contributed by atoms with Gasteiger partial charge in [-0.15, -0.1) is 0 Å². The number of likely N-dealkylation sites (tertiary alicyclic amines) is 1. The first-order valence-corrected chi connectivity index (χ1v) is 9.55. The third-order valence-electron chi connectivity index (χ3n) is 4.37. The minimum absolute atomic E-state index is 0.0553. The lowest BCUT2D eigenvalue weighted by atomic mass is 10.1. The van der Waals surface area contributed by atoms with Gasteiger partial charge in [-0.05, 0) is 32.6 Å². The van der Waals surface area contributed by atoms with Crippen LogP contribution in [-0.2, 0) is 14.8 Å². The Morgan fingerprint density at radius 3 is 2.75 bits per heavy atom. The molecule has 2 aliphatic rings. The number of rotatable bonds is 2. The first kappa shape index (κ1) is 17.2. The van der Waals surface area contributed by atoms with E-state index in [-0.39, 0.29) is 22.9 Å². The maximum absolute atomic E-state index is 12.5. The first-order chi connectivity index (χ1) is 11.4. The number of hydrogen-bond donors (Lipinski definition) is 1. The van der Waals surface area contributed by atoms with Crippen LogP contribution in [0.25, 0.3) is 0 Å². The molecule has 24 heavy (non-hydrogen) atoms. The van der Waals surface area contributed by atoms with Crippen molar-refractivity contribution in [3.8, 4) is 5.75 Å². The standard InChI is InChI=1S/C16H23N3O4S/c1-18(2)11-16(20)19-9-7-12-13(8-10-19)23-14-5-3-4-6-15(14)24(21,22)17-12/h3-6,12-13,17H,7-11H2,1-2H3/t12-,13-/m0/s1. The van der Waals surface area contributed by atoms with Crippen molar-refractivity contribution in [2.24, 2.45) is 0 Å². The molecule has 0 aliphatic carbocycles. The molecular weight excluding hydrogens is 330 g/mol. The van der Waals surface area contributed by atoms with E-state index >= 15 is 0 Å². The van der Waals surface area contributed by atoms with Crippen LogP contribution in [0, 0.1) is 0 Å². The van der Waals surface area contributed by atoms with E-state index < -0.39 is 10.0 Å².